The van der Waals surface area contributed by atoms with Gasteiger partial charge in [0.25, 0.3) is 11.5 Å². The molecular weight excluding hydrogens is 496 g/mol. The number of oxazole rings is 1. The average Bonchev–Trinajstić information content (AvgIpc) is 3.59. The first-order valence-corrected chi connectivity index (χ1v) is 11.9. The molecule has 4 heterocycles. The first-order chi connectivity index (χ1) is 19.0. The van der Waals surface area contributed by atoms with Crippen LogP contribution in [0.1, 0.15) is 40.4 Å². The van der Waals surface area contributed by atoms with Crippen molar-refractivity contribution in [2.45, 2.75) is 13.0 Å². The van der Waals surface area contributed by atoms with Crippen molar-refractivity contribution in [1.82, 2.24) is 34.4 Å². The second-order valence-corrected chi connectivity index (χ2v) is 8.61. The van der Waals surface area contributed by atoms with E-state index in [2.05, 4.69) is 32.2 Å². The monoisotopic (exact) mass is 516 g/mol. The zero-order valence-electron chi connectivity index (χ0n) is 20.6. The SMILES string of the molecule is C[C@@H](NC(=O)c1c(N)nn2cccnc12)c1nc2cccc(C#Cc3cocn3)c2c(=O)n1-c1ccccc1. The standard InChI is InChI=1S/C28H20N8O3/c1-17(32-27(37)23-24(29)34-35-14-6-13-30-26(23)35)25-33-21-10-5-7-18(11-12-19-15-39-16-31-19)22(21)28(38)36(25)20-8-3-2-4-9-20/h2-10,13-17H,1H3,(H2,29,34)(H,32,37)/t17-/m1/s1. The lowest BCUT2D eigenvalue weighted by molar-refractivity contribution is 0.0940. The van der Waals surface area contributed by atoms with Crippen LogP contribution in [0.4, 0.5) is 5.82 Å². The zero-order chi connectivity index (χ0) is 26.9. The van der Waals surface area contributed by atoms with Gasteiger partial charge in [-0.2, -0.15) is 0 Å². The van der Waals surface area contributed by atoms with Gasteiger partial charge in [-0.15, -0.1) is 5.10 Å². The third-order valence-corrected chi connectivity index (χ3v) is 6.08. The number of nitrogen functional groups attached to an aromatic ring is 1. The fourth-order valence-corrected chi connectivity index (χ4v) is 4.33. The molecule has 39 heavy (non-hydrogen) atoms. The summed E-state index contributed by atoms with van der Waals surface area (Å²) in [6, 6.07) is 15.3. The van der Waals surface area contributed by atoms with E-state index in [0.717, 1.165) is 0 Å². The maximum absolute atomic E-state index is 14.0. The Hall–Kier alpha value is -5.76. The van der Waals surface area contributed by atoms with Crippen molar-refractivity contribution in [3.8, 4) is 17.5 Å². The number of amides is 1. The van der Waals surface area contributed by atoms with Gasteiger partial charge in [-0.25, -0.2) is 19.5 Å². The number of fused-ring (bicyclic) bond motifs is 2. The first kappa shape index (κ1) is 23.6. The fraction of sp³-hybridized carbons (Fsp3) is 0.0714. The van der Waals surface area contributed by atoms with Crippen molar-refractivity contribution in [3.63, 3.8) is 0 Å². The van der Waals surface area contributed by atoms with Gasteiger partial charge in [-0.05, 0) is 43.2 Å². The average molecular weight is 517 g/mol. The van der Waals surface area contributed by atoms with Crippen LogP contribution in [-0.4, -0.2) is 35.0 Å². The lowest BCUT2D eigenvalue weighted by Gasteiger charge is -2.20. The number of carbonyl (C=O) groups excluding carboxylic acids is 1. The van der Waals surface area contributed by atoms with E-state index in [0.29, 0.717) is 39.3 Å². The van der Waals surface area contributed by atoms with Crippen LogP contribution >= 0.6 is 0 Å². The number of anilines is 1. The minimum absolute atomic E-state index is 0.0423. The molecule has 0 fully saturated rings. The molecule has 6 rings (SSSR count). The maximum Gasteiger partial charge on any atom is 0.267 e. The Morgan fingerprint density at radius 1 is 1.08 bits per heavy atom. The van der Waals surface area contributed by atoms with Crippen LogP contribution in [0.5, 0.6) is 0 Å². The van der Waals surface area contributed by atoms with Gasteiger partial charge < -0.3 is 15.5 Å². The smallest absolute Gasteiger partial charge is 0.267 e. The minimum Gasteiger partial charge on any atom is -0.450 e. The van der Waals surface area contributed by atoms with Gasteiger partial charge >= 0.3 is 0 Å². The van der Waals surface area contributed by atoms with Gasteiger partial charge in [-0.3, -0.25) is 14.2 Å². The fourth-order valence-electron chi connectivity index (χ4n) is 4.33. The Bertz CT molecular complexity index is 1970. The molecule has 4 aromatic heterocycles. The molecule has 3 N–H and O–H groups in total. The Kier molecular flexibility index (Phi) is 5.82. The maximum atomic E-state index is 14.0. The largest absolute Gasteiger partial charge is 0.450 e. The highest BCUT2D eigenvalue weighted by Gasteiger charge is 2.24. The van der Waals surface area contributed by atoms with Crippen molar-refractivity contribution >= 4 is 28.3 Å². The summed E-state index contributed by atoms with van der Waals surface area (Å²) in [5, 5.41) is 7.41. The third kappa shape index (κ3) is 4.25. The van der Waals surface area contributed by atoms with Gasteiger partial charge in [0.15, 0.2) is 23.6 Å². The van der Waals surface area contributed by atoms with E-state index in [-0.39, 0.29) is 16.9 Å². The predicted octanol–water partition coefficient (Wildman–Crippen LogP) is 2.89. The molecular formula is C28H20N8O3. The van der Waals surface area contributed by atoms with Gasteiger partial charge in [0, 0.05) is 18.0 Å². The first-order valence-electron chi connectivity index (χ1n) is 11.9. The Labute approximate surface area is 221 Å². The van der Waals surface area contributed by atoms with Crippen molar-refractivity contribution in [2.24, 2.45) is 0 Å². The summed E-state index contributed by atoms with van der Waals surface area (Å²) in [5.41, 5.74) is 8.13. The molecule has 1 atom stereocenters. The van der Waals surface area contributed by atoms with E-state index in [9.17, 15) is 9.59 Å². The van der Waals surface area contributed by atoms with E-state index >= 15 is 0 Å². The molecule has 11 heteroatoms. The molecule has 0 aliphatic rings. The summed E-state index contributed by atoms with van der Waals surface area (Å²) in [7, 11) is 0. The highest BCUT2D eigenvalue weighted by atomic mass is 16.3. The molecule has 0 aliphatic heterocycles. The van der Waals surface area contributed by atoms with Crippen LogP contribution in [0, 0.1) is 11.8 Å². The van der Waals surface area contributed by atoms with Gasteiger partial charge in [-0.1, -0.05) is 30.2 Å². The second-order valence-electron chi connectivity index (χ2n) is 8.61. The lowest BCUT2D eigenvalue weighted by Crippen LogP contribution is -2.33. The molecule has 0 bridgehead atoms. The highest BCUT2D eigenvalue weighted by Crippen LogP contribution is 2.22. The number of benzene rings is 2. The normalized spacial score (nSPS) is 11.7. The molecule has 1 amide bonds. The summed E-state index contributed by atoms with van der Waals surface area (Å²) in [6.07, 6.45) is 5.92. The Morgan fingerprint density at radius 2 is 1.92 bits per heavy atom. The van der Waals surface area contributed by atoms with Crippen LogP contribution in [-0.2, 0) is 0 Å². The van der Waals surface area contributed by atoms with Crippen LogP contribution in [0.15, 0.2) is 88.9 Å². The number of nitrogens with zero attached hydrogens (tertiary/aromatic N) is 6. The molecule has 0 saturated carbocycles. The Balaban J connectivity index is 1.48. The third-order valence-electron chi connectivity index (χ3n) is 6.08. The minimum atomic E-state index is -0.697. The summed E-state index contributed by atoms with van der Waals surface area (Å²) in [6.45, 7) is 1.74. The second kappa shape index (κ2) is 9.60. The number of nitrogens with two attached hydrogens (primary N) is 1. The van der Waals surface area contributed by atoms with E-state index in [1.807, 2.05) is 18.2 Å². The number of hydrogen-bond acceptors (Lipinski definition) is 8. The molecule has 6 aromatic rings. The van der Waals surface area contributed by atoms with Gasteiger partial charge in [0.2, 0.25) is 0 Å². The molecule has 11 nitrogen and oxygen atoms in total. The summed E-state index contributed by atoms with van der Waals surface area (Å²) < 4.78 is 7.89. The van der Waals surface area contributed by atoms with Crippen LogP contribution in [0.2, 0.25) is 0 Å². The molecule has 0 radical (unpaired) electrons. The van der Waals surface area contributed by atoms with Crippen molar-refractivity contribution < 1.29 is 9.21 Å². The number of hydrogen-bond donors (Lipinski definition) is 2. The molecule has 0 aliphatic carbocycles. The molecule has 0 saturated heterocycles. The van der Waals surface area contributed by atoms with E-state index in [1.54, 1.807) is 55.7 Å². The van der Waals surface area contributed by atoms with E-state index < -0.39 is 11.9 Å². The number of nitrogens with one attached hydrogen (secondary N) is 1. The number of para-hydroxylation sites is 1. The summed E-state index contributed by atoms with van der Waals surface area (Å²) in [4.78, 5) is 40.4. The number of carbonyl (C=O) groups is 1. The molecule has 190 valence electrons. The summed E-state index contributed by atoms with van der Waals surface area (Å²) in [5.74, 6) is 5.79. The quantitative estimate of drug-likeness (QED) is 0.340. The molecule has 2 aromatic carbocycles. The summed E-state index contributed by atoms with van der Waals surface area (Å²) >= 11 is 0. The molecule has 0 spiro atoms. The number of rotatable bonds is 4. The van der Waals surface area contributed by atoms with Gasteiger partial charge in [0.05, 0.1) is 22.6 Å². The number of aromatic nitrogens is 6. The topological polar surface area (TPSA) is 146 Å². The predicted molar refractivity (Wildman–Crippen MR) is 143 cm³/mol. The van der Waals surface area contributed by atoms with Crippen LogP contribution in [0.25, 0.3) is 22.2 Å². The van der Waals surface area contributed by atoms with Crippen LogP contribution < -0.4 is 16.6 Å². The highest BCUT2D eigenvalue weighted by molar-refractivity contribution is 6.04. The lowest BCUT2D eigenvalue weighted by atomic mass is 10.1. The van der Waals surface area contributed by atoms with Crippen molar-refractivity contribution in [1.29, 1.82) is 0 Å². The van der Waals surface area contributed by atoms with E-state index in [1.165, 1.54) is 21.7 Å². The molecule has 0 unspecified atom stereocenters. The van der Waals surface area contributed by atoms with E-state index in [4.69, 9.17) is 15.1 Å². The zero-order valence-corrected chi connectivity index (χ0v) is 20.6. The van der Waals surface area contributed by atoms with Crippen molar-refractivity contribution in [3.05, 3.63) is 113 Å². The van der Waals surface area contributed by atoms with Gasteiger partial charge in [0.1, 0.15) is 17.7 Å². The van der Waals surface area contributed by atoms with Crippen molar-refractivity contribution in [2.75, 3.05) is 5.73 Å². The van der Waals surface area contributed by atoms with Crippen LogP contribution in [0.3, 0.4) is 0 Å². The Morgan fingerprint density at radius 3 is 2.72 bits per heavy atom.